The third-order valence-corrected chi connectivity index (χ3v) is 5.74. The Morgan fingerprint density at radius 3 is 2.50 bits per heavy atom. The predicted octanol–water partition coefficient (Wildman–Crippen LogP) is 4.52. The summed E-state index contributed by atoms with van der Waals surface area (Å²) in [5.41, 5.74) is 2.89. The molecule has 0 saturated heterocycles. The van der Waals surface area contributed by atoms with E-state index in [0.717, 1.165) is 12.2 Å². The molecule has 162 valence electrons. The molecular weight excluding hydrogens is 378 g/mol. The normalized spacial score (nSPS) is 14.4. The van der Waals surface area contributed by atoms with Gasteiger partial charge in [0.2, 0.25) is 5.91 Å². The predicted molar refractivity (Wildman–Crippen MR) is 121 cm³/mol. The molecule has 1 saturated carbocycles. The van der Waals surface area contributed by atoms with E-state index in [9.17, 15) is 4.79 Å². The number of carbonyl (C=O) groups is 1. The molecule has 0 bridgehead atoms. The monoisotopic (exact) mass is 411 g/mol. The lowest BCUT2D eigenvalue weighted by Gasteiger charge is -2.31. The van der Waals surface area contributed by atoms with Crippen LogP contribution in [0, 0.1) is 0 Å². The van der Waals surface area contributed by atoms with E-state index in [1.807, 2.05) is 12.1 Å². The molecule has 6 nitrogen and oxygen atoms in total. The van der Waals surface area contributed by atoms with Gasteiger partial charge < -0.3 is 20.1 Å². The maximum atomic E-state index is 12.5. The minimum Gasteiger partial charge on any atom is -0.493 e. The molecule has 0 aromatic heterocycles. The lowest BCUT2D eigenvalue weighted by atomic mass is 9.94. The van der Waals surface area contributed by atoms with E-state index < -0.39 is 0 Å². The highest BCUT2D eigenvalue weighted by Gasteiger charge is 2.19. The van der Waals surface area contributed by atoms with Crippen molar-refractivity contribution in [2.45, 2.75) is 44.7 Å². The number of hydrogen-bond acceptors (Lipinski definition) is 5. The summed E-state index contributed by atoms with van der Waals surface area (Å²) in [7, 11) is 5.37. The van der Waals surface area contributed by atoms with Gasteiger partial charge in [-0.3, -0.25) is 9.69 Å². The fraction of sp³-hybridized carbons (Fsp3) is 0.458. The fourth-order valence-corrected chi connectivity index (χ4v) is 4.04. The van der Waals surface area contributed by atoms with Crippen molar-refractivity contribution >= 4 is 17.3 Å². The van der Waals surface area contributed by atoms with Crippen LogP contribution in [-0.2, 0) is 11.3 Å². The molecule has 3 rings (SSSR count). The van der Waals surface area contributed by atoms with Crippen molar-refractivity contribution in [1.82, 2.24) is 4.90 Å². The number of amides is 1. The summed E-state index contributed by atoms with van der Waals surface area (Å²) in [5.74, 6) is 1.10. The van der Waals surface area contributed by atoms with Crippen molar-refractivity contribution in [3.8, 4) is 11.5 Å². The maximum Gasteiger partial charge on any atom is 0.243 e. The second kappa shape index (κ2) is 10.9. The maximum absolute atomic E-state index is 12.5. The molecule has 2 N–H and O–H groups in total. The number of para-hydroxylation sites is 1. The van der Waals surface area contributed by atoms with Crippen molar-refractivity contribution in [3.63, 3.8) is 0 Å². The fourth-order valence-electron chi connectivity index (χ4n) is 4.04. The zero-order chi connectivity index (χ0) is 21.3. The van der Waals surface area contributed by atoms with E-state index in [0.29, 0.717) is 23.2 Å². The number of rotatable bonds is 9. The molecule has 0 aliphatic heterocycles. The average Bonchev–Trinajstić information content (AvgIpc) is 2.79. The molecule has 1 aliphatic rings. The SMILES string of the molecule is COc1ccc(NC(=O)CNc2ccccc2CN(C)C2CCCCC2)cc1OC. The van der Waals surface area contributed by atoms with Crippen LogP contribution in [-0.4, -0.2) is 44.7 Å². The second-order valence-electron chi connectivity index (χ2n) is 7.84. The lowest BCUT2D eigenvalue weighted by Crippen LogP contribution is -2.33. The van der Waals surface area contributed by atoms with Gasteiger partial charge in [-0.25, -0.2) is 0 Å². The van der Waals surface area contributed by atoms with Crippen LogP contribution >= 0.6 is 0 Å². The highest BCUT2D eigenvalue weighted by atomic mass is 16.5. The molecule has 0 unspecified atom stereocenters. The zero-order valence-electron chi connectivity index (χ0n) is 18.2. The second-order valence-corrected chi connectivity index (χ2v) is 7.84. The van der Waals surface area contributed by atoms with Crippen LogP contribution in [0.5, 0.6) is 11.5 Å². The number of benzene rings is 2. The number of anilines is 2. The topological polar surface area (TPSA) is 62.8 Å². The van der Waals surface area contributed by atoms with E-state index in [1.165, 1.54) is 37.7 Å². The van der Waals surface area contributed by atoms with Gasteiger partial charge in [0, 0.05) is 30.0 Å². The Morgan fingerprint density at radius 2 is 1.77 bits per heavy atom. The number of ether oxygens (including phenoxy) is 2. The van der Waals surface area contributed by atoms with Crippen molar-refractivity contribution in [2.24, 2.45) is 0 Å². The standard InChI is InChI=1S/C24H33N3O3/c1-27(20-10-5-4-6-11-20)17-18-9-7-8-12-21(18)25-16-24(28)26-19-13-14-22(29-2)23(15-19)30-3/h7-9,12-15,20,25H,4-6,10-11,16-17H2,1-3H3,(H,26,28). The number of methoxy groups -OCH3 is 2. The summed E-state index contributed by atoms with van der Waals surface area (Å²) in [6.45, 7) is 1.07. The molecule has 0 radical (unpaired) electrons. The number of nitrogens with one attached hydrogen (secondary N) is 2. The molecule has 1 aliphatic carbocycles. The first-order valence-corrected chi connectivity index (χ1v) is 10.6. The summed E-state index contributed by atoms with van der Waals surface area (Å²) in [6.07, 6.45) is 6.56. The summed E-state index contributed by atoms with van der Waals surface area (Å²) < 4.78 is 10.5. The summed E-state index contributed by atoms with van der Waals surface area (Å²) >= 11 is 0. The van der Waals surface area contributed by atoms with E-state index in [1.54, 1.807) is 32.4 Å². The van der Waals surface area contributed by atoms with Gasteiger partial charge in [0.15, 0.2) is 11.5 Å². The van der Waals surface area contributed by atoms with Crippen LogP contribution in [0.25, 0.3) is 0 Å². The van der Waals surface area contributed by atoms with E-state index in [-0.39, 0.29) is 12.5 Å². The van der Waals surface area contributed by atoms with Crippen molar-refractivity contribution < 1.29 is 14.3 Å². The number of hydrogen-bond donors (Lipinski definition) is 2. The third kappa shape index (κ3) is 5.89. The summed E-state index contributed by atoms with van der Waals surface area (Å²) in [6, 6.07) is 14.2. The molecule has 6 heteroatoms. The molecular formula is C24H33N3O3. The minimum absolute atomic E-state index is 0.113. The summed E-state index contributed by atoms with van der Waals surface area (Å²) in [4.78, 5) is 14.9. The number of nitrogens with zero attached hydrogens (tertiary/aromatic N) is 1. The minimum atomic E-state index is -0.113. The Balaban J connectivity index is 1.57. The van der Waals surface area contributed by atoms with Crippen LogP contribution < -0.4 is 20.1 Å². The molecule has 0 spiro atoms. The van der Waals surface area contributed by atoms with Crippen LogP contribution in [0.15, 0.2) is 42.5 Å². The van der Waals surface area contributed by atoms with E-state index in [4.69, 9.17) is 9.47 Å². The smallest absolute Gasteiger partial charge is 0.243 e. The van der Waals surface area contributed by atoms with Crippen LogP contribution in [0.2, 0.25) is 0 Å². The molecule has 0 heterocycles. The molecule has 0 atom stereocenters. The first-order chi connectivity index (χ1) is 14.6. The molecule has 30 heavy (non-hydrogen) atoms. The molecule has 1 amide bonds. The largest absolute Gasteiger partial charge is 0.493 e. The van der Waals surface area contributed by atoms with Crippen molar-refractivity contribution in [2.75, 3.05) is 38.4 Å². The zero-order valence-corrected chi connectivity index (χ0v) is 18.2. The first kappa shape index (κ1) is 22.0. The van der Waals surface area contributed by atoms with Crippen molar-refractivity contribution in [3.05, 3.63) is 48.0 Å². The van der Waals surface area contributed by atoms with E-state index >= 15 is 0 Å². The van der Waals surface area contributed by atoms with Crippen LogP contribution in [0.1, 0.15) is 37.7 Å². The molecule has 1 fully saturated rings. The highest BCUT2D eigenvalue weighted by molar-refractivity contribution is 5.94. The Morgan fingerprint density at radius 1 is 1.03 bits per heavy atom. The lowest BCUT2D eigenvalue weighted by molar-refractivity contribution is -0.114. The summed E-state index contributed by atoms with van der Waals surface area (Å²) in [5, 5.41) is 6.20. The average molecular weight is 412 g/mol. The highest BCUT2D eigenvalue weighted by Crippen LogP contribution is 2.29. The first-order valence-electron chi connectivity index (χ1n) is 10.6. The van der Waals surface area contributed by atoms with Gasteiger partial charge in [-0.05, 0) is 43.7 Å². The Bertz CT molecular complexity index is 834. The third-order valence-electron chi connectivity index (χ3n) is 5.74. The Labute approximate surface area is 179 Å². The van der Waals surface area contributed by atoms with Gasteiger partial charge in [0.05, 0.1) is 20.8 Å². The van der Waals surface area contributed by atoms with Gasteiger partial charge in [0.1, 0.15) is 0 Å². The Hall–Kier alpha value is -2.73. The van der Waals surface area contributed by atoms with Gasteiger partial charge in [0.25, 0.3) is 0 Å². The van der Waals surface area contributed by atoms with Crippen LogP contribution in [0.4, 0.5) is 11.4 Å². The van der Waals surface area contributed by atoms with Crippen LogP contribution in [0.3, 0.4) is 0 Å². The Kier molecular flexibility index (Phi) is 7.97. The van der Waals surface area contributed by atoms with Gasteiger partial charge in [-0.15, -0.1) is 0 Å². The molecule has 2 aromatic rings. The van der Waals surface area contributed by atoms with E-state index in [2.05, 4.69) is 34.7 Å². The molecule has 2 aromatic carbocycles. The van der Waals surface area contributed by atoms with Crippen molar-refractivity contribution in [1.29, 1.82) is 0 Å². The van der Waals surface area contributed by atoms with Gasteiger partial charge in [-0.2, -0.15) is 0 Å². The van der Waals surface area contributed by atoms with Gasteiger partial charge in [-0.1, -0.05) is 37.5 Å². The van der Waals surface area contributed by atoms with Gasteiger partial charge >= 0.3 is 0 Å². The number of carbonyl (C=O) groups excluding carboxylic acids is 1. The quantitative estimate of drug-likeness (QED) is 0.635.